The SMILES string of the molecule is CCc1c(C(=O)NN(C(=O)c2cc(C)cc(C)c2)C(C)(C)C)ccc2c1OCO2. The second-order valence-corrected chi connectivity index (χ2v) is 8.31. The maximum absolute atomic E-state index is 13.3. The predicted octanol–water partition coefficient (Wildman–Crippen LogP) is 4.18. The quantitative estimate of drug-likeness (QED) is 0.791. The van der Waals surface area contributed by atoms with Gasteiger partial charge in [-0.15, -0.1) is 0 Å². The third-order valence-corrected chi connectivity index (χ3v) is 4.80. The van der Waals surface area contributed by atoms with Crippen LogP contribution in [-0.4, -0.2) is 29.2 Å². The van der Waals surface area contributed by atoms with Crippen LogP contribution in [0, 0.1) is 13.8 Å². The number of hydrazine groups is 1. The van der Waals surface area contributed by atoms with E-state index in [1.54, 1.807) is 12.1 Å². The number of fused-ring (bicyclic) bond motifs is 1. The van der Waals surface area contributed by atoms with E-state index in [1.165, 1.54) is 5.01 Å². The van der Waals surface area contributed by atoms with Gasteiger partial charge < -0.3 is 9.47 Å². The van der Waals surface area contributed by atoms with Crippen LogP contribution in [0.5, 0.6) is 11.5 Å². The van der Waals surface area contributed by atoms with Gasteiger partial charge in [0.15, 0.2) is 11.5 Å². The first-order valence-electron chi connectivity index (χ1n) is 9.77. The van der Waals surface area contributed by atoms with Gasteiger partial charge in [0.25, 0.3) is 11.8 Å². The fourth-order valence-corrected chi connectivity index (χ4v) is 3.51. The number of amides is 2. The minimum absolute atomic E-state index is 0.146. The highest BCUT2D eigenvalue weighted by Crippen LogP contribution is 2.37. The Hall–Kier alpha value is -3.02. The number of nitrogens with one attached hydrogen (secondary N) is 1. The Morgan fingerprint density at radius 2 is 1.72 bits per heavy atom. The normalized spacial score (nSPS) is 12.6. The number of rotatable bonds is 3. The molecule has 0 spiro atoms. The van der Waals surface area contributed by atoms with Gasteiger partial charge in [0, 0.05) is 16.7 Å². The largest absolute Gasteiger partial charge is 0.454 e. The third-order valence-electron chi connectivity index (χ3n) is 4.80. The minimum atomic E-state index is -0.618. The third kappa shape index (κ3) is 4.21. The molecule has 0 saturated carbocycles. The van der Waals surface area contributed by atoms with Gasteiger partial charge in [-0.2, -0.15) is 0 Å². The lowest BCUT2D eigenvalue weighted by molar-refractivity contribution is 0.0358. The molecule has 6 heteroatoms. The molecule has 0 fully saturated rings. The zero-order valence-electron chi connectivity index (χ0n) is 17.9. The van der Waals surface area contributed by atoms with Gasteiger partial charge in [-0.05, 0) is 65.3 Å². The zero-order chi connectivity index (χ0) is 21.3. The zero-order valence-corrected chi connectivity index (χ0v) is 17.9. The molecule has 0 unspecified atom stereocenters. The summed E-state index contributed by atoms with van der Waals surface area (Å²) >= 11 is 0. The average molecular weight is 396 g/mol. The number of hydrogen-bond donors (Lipinski definition) is 1. The Morgan fingerprint density at radius 1 is 1.07 bits per heavy atom. The summed E-state index contributed by atoms with van der Waals surface area (Å²) in [5.41, 5.74) is 5.98. The highest BCUT2D eigenvalue weighted by molar-refractivity contribution is 6.00. The van der Waals surface area contributed by atoms with Crippen molar-refractivity contribution in [1.82, 2.24) is 10.4 Å². The maximum Gasteiger partial charge on any atom is 0.272 e. The molecular formula is C23H28N2O4. The number of ether oxygens (including phenoxy) is 2. The van der Waals surface area contributed by atoms with Gasteiger partial charge in [-0.1, -0.05) is 24.1 Å². The van der Waals surface area contributed by atoms with Gasteiger partial charge in [0.1, 0.15) is 0 Å². The van der Waals surface area contributed by atoms with E-state index in [0.29, 0.717) is 29.0 Å². The van der Waals surface area contributed by atoms with Gasteiger partial charge in [0.05, 0.1) is 5.54 Å². The summed E-state index contributed by atoms with van der Waals surface area (Å²) in [6.45, 7) is 11.6. The van der Waals surface area contributed by atoms with Crippen molar-refractivity contribution in [3.8, 4) is 11.5 Å². The van der Waals surface area contributed by atoms with E-state index in [2.05, 4.69) is 5.43 Å². The summed E-state index contributed by atoms with van der Waals surface area (Å²) in [5, 5.41) is 1.40. The number of hydrogen-bond acceptors (Lipinski definition) is 4. The Kier molecular flexibility index (Phi) is 5.55. The van der Waals surface area contributed by atoms with E-state index in [9.17, 15) is 9.59 Å². The second kappa shape index (κ2) is 7.78. The lowest BCUT2D eigenvalue weighted by atomic mass is 10.0. The summed E-state index contributed by atoms with van der Waals surface area (Å²) in [4.78, 5) is 26.4. The lowest BCUT2D eigenvalue weighted by Gasteiger charge is -2.35. The van der Waals surface area contributed by atoms with E-state index in [1.807, 2.05) is 59.7 Å². The van der Waals surface area contributed by atoms with Gasteiger partial charge in [-0.3, -0.25) is 15.0 Å². The van der Waals surface area contributed by atoms with E-state index in [0.717, 1.165) is 16.7 Å². The van der Waals surface area contributed by atoms with E-state index in [-0.39, 0.29) is 18.6 Å². The molecule has 2 aromatic carbocycles. The number of benzene rings is 2. The molecule has 29 heavy (non-hydrogen) atoms. The molecule has 0 aromatic heterocycles. The summed E-state index contributed by atoms with van der Waals surface area (Å²) in [6, 6.07) is 9.11. The molecule has 1 heterocycles. The first kappa shape index (κ1) is 20.7. The van der Waals surface area contributed by atoms with Crippen molar-refractivity contribution in [2.24, 2.45) is 0 Å². The highest BCUT2D eigenvalue weighted by atomic mass is 16.7. The van der Waals surface area contributed by atoms with Crippen LogP contribution in [0.15, 0.2) is 30.3 Å². The fourth-order valence-electron chi connectivity index (χ4n) is 3.51. The summed E-state index contributed by atoms with van der Waals surface area (Å²) in [5.74, 6) is 0.629. The monoisotopic (exact) mass is 396 g/mol. The van der Waals surface area contributed by atoms with Crippen molar-refractivity contribution < 1.29 is 19.1 Å². The molecule has 0 atom stereocenters. The summed E-state index contributed by atoms with van der Waals surface area (Å²) < 4.78 is 11.0. The van der Waals surface area contributed by atoms with Gasteiger partial charge >= 0.3 is 0 Å². The lowest BCUT2D eigenvalue weighted by Crippen LogP contribution is -2.56. The van der Waals surface area contributed by atoms with Crippen molar-refractivity contribution in [1.29, 1.82) is 0 Å². The number of nitrogens with zero attached hydrogens (tertiary/aromatic N) is 1. The van der Waals surface area contributed by atoms with Crippen molar-refractivity contribution in [3.05, 3.63) is 58.1 Å². The standard InChI is InChI=1S/C23H28N2O4/c1-7-17-18(8-9-19-20(17)29-13-28-19)21(26)24-25(23(4,5)6)22(27)16-11-14(2)10-15(3)12-16/h8-12H,7,13H2,1-6H3,(H,24,26). The molecule has 2 aromatic rings. The summed E-state index contributed by atoms with van der Waals surface area (Å²) in [7, 11) is 0. The Balaban J connectivity index is 1.94. The number of carbonyl (C=O) groups excluding carboxylic acids is 2. The topological polar surface area (TPSA) is 67.9 Å². The van der Waals surface area contributed by atoms with E-state index in [4.69, 9.17) is 9.47 Å². The first-order valence-corrected chi connectivity index (χ1v) is 9.77. The minimum Gasteiger partial charge on any atom is -0.454 e. The first-order chi connectivity index (χ1) is 13.6. The van der Waals surface area contributed by atoms with Gasteiger partial charge in [0.2, 0.25) is 6.79 Å². The Morgan fingerprint density at radius 3 is 2.31 bits per heavy atom. The Bertz CT molecular complexity index is 940. The van der Waals surface area contributed by atoms with Crippen LogP contribution in [0.2, 0.25) is 0 Å². The molecule has 0 aliphatic carbocycles. The molecule has 1 aliphatic rings. The van der Waals surface area contributed by atoms with Gasteiger partial charge in [-0.25, -0.2) is 5.01 Å². The Labute approximate surface area is 171 Å². The van der Waals surface area contributed by atoms with Crippen LogP contribution in [0.25, 0.3) is 0 Å². The average Bonchev–Trinajstić information content (AvgIpc) is 3.11. The van der Waals surface area contributed by atoms with Crippen LogP contribution in [0.4, 0.5) is 0 Å². The van der Waals surface area contributed by atoms with Crippen LogP contribution in [-0.2, 0) is 6.42 Å². The highest BCUT2D eigenvalue weighted by Gasteiger charge is 2.31. The van der Waals surface area contributed by atoms with Crippen LogP contribution in [0.1, 0.15) is 65.1 Å². The smallest absolute Gasteiger partial charge is 0.272 e. The predicted molar refractivity (Wildman–Crippen MR) is 111 cm³/mol. The van der Waals surface area contributed by atoms with Crippen molar-refractivity contribution in [2.75, 3.05) is 6.79 Å². The maximum atomic E-state index is 13.3. The molecule has 154 valence electrons. The van der Waals surface area contributed by atoms with Crippen LogP contribution >= 0.6 is 0 Å². The molecular weight excluding hydrogens is 368 g/mol. The molecule has 0 saturated heterocycles. The van der Waals surface area contributed by atoms with E-state index < -0.39 is 5.54 Å². The number of aryl methyl sites for hydroxylation is 2. The molecule has 6 nitrogen and oxygen atoms in total. The van der Waals surface area contributed by atoms with Crippen molar-refractivity contribution in [3.63, 3.8) is 0 Å². The molecule has 1 N–H and O–H groups in total. The number of carbonyl (C=O) groups is 2. The van der Waals surface area contributed by atoms with Crippen molar-refractivity contribution in [2.45, 2.75) is 53.5 Å². The van der Waals surface area contributed by atoms with E-state index >= 15 is 0 Å². The molecule has 0 radical (unpaired) electrons. The molecule has 2 amide bonds. The second-order valence-electron chi connectivity index (χ2n) is 8.31. The molecule has 1 aliphatic heterocycles. The van der Waals surface area contributed by atoms with Crippen LogP contribution < -0.4 is 14.9 Å². The molecule has 0 bridgehead atoms. The summed E-state index contributed by atoms with van der Waals surface area (Å²) in [6.07, 6.45) is 0.607. The van der Waals surface area contributed by atoms with Crippen molar-refractivity contribution >= 4 is 11.8 Å². The fraction of sp³-hybridized carbons (Fsp3) is 0.391. The molecule has 3 rings (SSSR count). The van der Waals surface area contributed by atoms with Crippen LogP contribution in [0.3, 0.4) is 0 Å².